The number of allylic oxidation sites excluding steroid dienone is 14. The van der Waals surface area contributed by atoms with Crippen LogP contribution < -0.4 is 0 Å². The highest BCUT2D eigenvalue weighted by molar-refractivity contribution is 7.47. The topological polar surface area (TPSA) is 155 Å². The molecule has 0 spiro atoms. The van der Waals surface area contributed by atoms with Gasteiger partial charge in [-0.25, -0.2) is 4.57 Å². The molecule has 11 nitrogen and oxygen atoms in total. The molecule has 0 heterocycles. The molecule has 0 radical (unpaired) electrons. The first kappa shape index (κ1) is 72.7. The van der Waals surface area contributed by atoms with Crippen LogP contribution >= 0.6 is 7.82 Å². The van der Waals surface area contributed by atoms with Crippen LogP contribution in [0, 0.1) is 0 Å². The van der Waals surface area contributed by atoms with Crippen molar-refractivity contribution in [2.75, 3.05) is 26.4 Å². The van der Waals surface area contributed by atoms with Gasteiger partial charge in [-0.2, -0.15) is 0 Å². The van der Waals surface area contributed by atoms with E-state index in [0.717, 1.165) is 122 Å². The summed E-state index contributed by atoms with van der Waals surface area (Å²) < 4.78 is 39.6. The fourth-order valence-corrected chi connectivity index (χ4v) is 8.97. The molecule has 0 saturated heterocycles. The van der Waals surface area contributed by atoms with E-state index in [-0.39, 0.29) is 25.9 Å². The fourth-order valence-electron chi connectivity index (χ4n) is 8.19. The molecule has 0 aromatic carbocycles. The van der Waals surface area contributed by atoms with Crippen LogP contribution in [0.5, 0.6) is 0 Å². The number of esters is 3. The third-order valence-corrected chi connectivity index (χ3v) is 13.7. The van der Waals surface area contributed by atoms with E-state index < -0.39 is 57.8 Å². The number of rotatable bonds is 56. The molecule has 0 amide bonds. The van der Waals surface area contributed by atoms with E-state index in [9.17, 15) is 28.9 Å². The lowest BCUT2D eigenvalue weighted by molar-refractivity contribution is -0.161. The molecule has 0 aromatic heterocycles. The van der Waals surface area contributed by atoms with Gasteiger partial charge in [0.05, 0.1) is 19.8 Å². The van der Waals surface area contributed by atoms with E-state index in [0.29, 0.717) is 19.3 Å². The Bertz CT molecular complexity index is 1600. The normalized spacial score (nSPS) is 13.9. The number of ether oxygens (including phenoxy) is 3. The van der Waals surface area contributed by atoms with E-state index >= 15 is 0 Å². The smallest absolute Gasteiger partial charge is 0.462 e. The van der Waals surface area contributed by atoms with Gasteiger partial charge in [0.15, 0.2) is 6.10 Å². The number of hydrogen-bond donors (Lipinski definition) is 2. The summed E-state index contributed by atoms with van der Waals surface area (Å²) in [6, 6.07) is 0. The predicted octanol–water partition coefficient (Wildman–Crippen LogP) is 18.3. The molecule has 0 aromatic rings. The van der Waals surface area contributed by atoms with Crippen LogP contribution in [0.1, 0.15) is 265 Å². The summed E-state index contributed by atoms with van der Waals surface area (Å²) in [6.07, 6.45) is 66.8. The largest absolute Gasteiger partial charge is 0.472 e. The van der Waals surface area contributed by atoms with Crippen LogP contribution in [0.15, 0.2) is 85.1 Å². The van der Waals surface area contributed by atoms with Gasteiger partial charge in [-0.1, -0.05) is 241 Å². The Balaban J connectivity index is 4.78. The Morgan fingerprint density at radius 2 is 0.711 bits per heavy atom. The molecule has 0 fully saturated rings. The number of aliphatic hydroxyl groups is 1. The van der Waals surface area contributed by atoms with Gasteiger partial charge < -0.3 is 24.2 Å². The van der Waals surface area contributed by atoms with Crippen LogP contribution in [0.2, 0.25) is 0 Å². The van der Waals surface area contributed by atoms with Gasteiger partial charge >= 0.3 is 25.7 Å². The van der Waals surface area contributed by atoms with Crippen LogP contribution in [0.25, 0.3) is 0 Å². The minimum Gasteiger partial charge on any atom is -0.462 e. The zero-order valence-corrected chi connectivity index (χ0v) is 49.3. The van der Waals surface area contributed by atoms with Gasteiger partial charge in [0.2, 0.25) is 0 Å². The summed E-state index contributed by atoms with van der Waals surface area (Å²) in [6.45, 7) is 4.44. The minimum absolute atomic E-state index is 0.126. The molecular formula is C64H111O11P. The Kier molecular flexibility index (Phi) is 55.3. The highest BCUT2D eigenvalue weighted by Gasteiger charge is 2.28. The second-order valence-corrected chi connectivity index (χ2v) is 21.6. The average Bonchev–Trinajstić information content (AvgIpc) is 3.41. The molecule has 0 aliphatic carbocycles. The zero-order chi connectivity index (χ0) is 55.5. The van der Waals surface area contributed by atoms with Gasteiger partial charge in [0.1, 0.15) is 12.7 Å². The number of hydrogen-bond acceptors (Lipinski definition) is 10. The van der Waals surface area contributed by atoms with Crippen molar-refractivity contribution in [1.29, 1.82) is 0 Å². The van der Waals surface area contributed by atoms with Crippen LogP contribution in [0.3, 0.4) is 0 Å². The summed E-state index contributed by atoms with van der Waals surface area (Å²) in [5, 5.41) is 9.82. The molecule has 3 unspecified atom stereocenters. The first-order chi connectivity index (χ1) is 37.2. The summed E-state index contributed by atoms with van der Waals surface area (Å²) in [5.41, 5.74) is 0. The molecule has 12 heteroatoms. The standard InChI is InChI=1S/C64H111O11P/c1-4-7-10-13-16-19-22-25-27-29-30-32-34-37-40-43-46-49-52-55-64(68)75-61(57-71-62(66)53-50-47-44-41-38-36-33-31-28-26-23-20-17-14-11-8-5-2)59-73-76(69,70)72-58-60(56-65)74-63(67)54-51-48-45-42-39-35-24-21-18-15-12-9-6-3/h7,10,12,15-16,19,21,24-25,27,30,32,37,40,60-61,65H,4-6,8-9,11,13-14,17-18,20,22-23,26,28-29,31,33-36,38-39,41-59H2,1-3H3,(H,69,70)/b10-7-,15-12-,19-16-,24-21-,27-25-,32-30-,40-37-. The van der Waals surface area contributed by atoms with E-state index in [4.69, 9.17) is 23.3 Å². The van der Waals surface area contributed by atoms with Crippen molar-refractivity contribution in [1.82, 2.24) is 0 Å². The molecular weight excluding hydrogens is 976 g/mol. The number of carbonyl (C=O) groups is 3. The molecule has 0 bridgehead atoms. The van der Waals surface area contributed by atoms with Crippen LogP contribution in [-0.4, -0.2) is 66.5 Å². The predicted molar refractivity (Wildman–Crippen MR) is 316 cm³/mol. The Morgan fingerprint density at radius 1 is 0.382 bits per heavy atom. The van der Waals surface area contributed by atoms with Gasteiger partial charge in [-0.05, 0) is 89.9 Å². The highest BCUT2D eigenvalue weighted by Crippen LogP contribution is 2.43. The lowest BCUT2D eigenvalue weighted by atomic mass is 10.0. The quantitative estimate of drug-likeness (QED) is 0.0197. The molecule has 0 rings (SSSR count). The Morgan fingerprint density at radius 3 is 1.12 bits per heavy atom. The summed E-state index contributed by atoms with van der Waals surface area (Å²) in [7, 11) is -4.76. The van der Waals surface area contributed by atoms with E-state index in [2.05, 4.69) is 106 Å². The number of carbonyl (C=O) groups excluding carboxylic acids is 3. The molecule has 3 atom stereocenters. The van der Waals surface area contributed by atoms with Crippen molar-refractivity contribution in [2.45, 2.75) is 277 Å². The first-order valence-corrected chi connectivity index (χ1v) is 32.0. The second-order valence-electron chi connectivity index (χ2n) is 20.1. The lowest BCUT2D eigenvalue weighted by Gasteiger charge is -2.21. The van der Waals surface area contributed by atoms with Crippen molar-refractivity contribution in [3.8, 4) is 0 Å². The number of phosphoric ester groups is 1. The van der Waals surface area contributed by atoms with E-state index in [1.807, 2.05) is 0 Å². The average molecular weight is 1090 g/mol. The number of aliphatic hydroxyl groups excluding tert-OH is 1. The van der Waals surface area contributed by atoms with E-state index in [1.54, 1.807) is 0 Å². The maximum Gasteiger partial charge on any atom is 0.472 e. The van der Waals surface area contributed by atoms with E-state index in [1.165, 1.54) is 83.5 Å². The zero-order valence-electron chi connectivity index (χ0n) is 48.5. The maximum atomic E-state index is 12.9. The summed E-state index contributed by atoms with van der Waals surface area (Å²) in [5.74, 6) is -1.51. The van der Waals surface area contributed by atoms with Crippen molar-refractivity contribution < 1.29 is 52.2 Å². The molecule has 0 aliphatic heterocycles. The van der Waals surface area contributed by atoms with Crippen molar-refractivity contribution in [3.05, 3.63) is 85.1 Å². The molecule has 76 heavy (non-hydrogen) atoms. The summed E-state index contributed by atoms with van der Waals surface area (Å²) >= 11 is 0. The molecule has 0 aliphatic rings. The summed E-state index contributed by atoms with van der Waals surface area (Å²) in [4.78, 5) is 48.6. The van der Waals surface area contributed by atoms with Crippen LogP contribution in [0.4, 0.5) is 0 Å². The maximum absolute atomic E-state index is 12.9. The Hall–Kier alpha value is -3.34. The first-order valence-electron chi connectivity index (χ1n) is 30.5. The third kappa shape index (κ3) is 55.4. The van der Waals surface area contributed by atoms with Crippen molar-refractivity contribution in [3.63, 3.8) is 0 Å². The minimum atomic E-state index is -4.76. The second kappa shape index (κ2) is 57.8. The molecule has 0 saturated carbocycles. The number of phosphoric acid groups is 1. The lowest BCUT2D eigenvalue weighted by Crippen LogP contribution is -2.30. The molecule has 2 N–H and O–H groups in total. The van der Waals surface area contributed by atoms with Gasteiger partial charge in [-0.15, -0.1) is 0 Å². The van der Waals surface area contributed by atoms with Crippen LogP contribution in [-0.2, 0) is 42.2 Å². The Labute approximate surface area is 464 Å². The number of unbranched alkanes of at least 4 members (excludes halogenated alkanes) is 25. The van der Waals surface area contributed by atoms with Crippen molar-refractivity contribution >= 4 is 25.7 Å². The molecule has 438 valence electrons. The highest BCUT2D eigenvalue weighted by atomic mass is 31.2. The van der Waals surface area contributed by atoms with Gasteiger partial charge in [-0.3, -0.25) is 23.4 Å². The van der Waals surface area contributed by atoms with Gasteiger partial charge in [0, 0.05) is 19.3 Å². The van der Waals surface area contributed by atoms with Gasteiger partial charge in [0.25, 0.3) is 0 Å². The SMILES string of the molecule is CC/C=C\C/C=C\C/C=C\C/C=C\C/C=C\CCCCCC(=O)OC(COC(=O)CCCCCCCCCCCCCCCCCCC)COP(=O)(O)OCC(CO)OC(=O)CCCCCCC/C=C\C/C=C\CCC. The monoisotopic (exact) mass is 1090 g/mol. The van der Waals surface area contributed by atoms with Crippen molar-refractivity contribution in [2.24, 2.45) is 0 Å². The fraction of sp³-hybridized carbons (Fsp3) is 0.734. The third-order valence-electron chi connectivity index (χ3n) is 12.8.